The highest BCUT2D eigenvalue weighted by Gasteiger charge is 2.33. The van der Waals surface area contributed by atoms with Crippen molar-refractivity contribution in [2.45, 2.75) is 65.8 Å². The van der Waals surface area contributed by atoms with E-state index < -0.39 is 0 Å². The first kappa shape index (κ1) is 30.6. The van der Waals surface area contributed by atoms with Crippen molar-refractivity contribution in [3.63, 3.8) is 0 Å². The molecule has 1 unspecified atom stereocenters. The van der Waals surface area contributed by atoms with Crippen molar-refractivity contribution in [2.24, 2.45) is 15.0 Å². The highest BCUT2D eigenvalue weighted by molar-refractivity contribution is 6.37. The number of amidine groups is 2. The van der Waals surface area contributed by atoms with Crippen LogP contribution in [-0.2, 0) is 17.9 Å². The van der Waals surface area contributed by atoms with E-state index in [0.717, 1.165) is 29.0 Å². The SMILES string of the molecule is C/C=C1/C=C(c2ccc(C(N=C(C)C)=NC)cc2Cl)C(=O)N(Cc2cccc(CN(C)C)c2)/C1=N/C(C)NC1CC1. The van der Waals surface area contributed by atoms with Crippen LogP contribution >= 0.6 is 11.6 Å². The molecule has 0 saturated heterocycles. The average molecular weight is 573 g/mol. The molecule has 1 aliphatic carbocycles. The Bertz CT molecular complexity index is 1440. The lowest BCUT2D eigenvalue weighted by Crippen LogP contribution is -2.42. The number of hydrogen-bond donors (Lipinski definition) is 1. The predicted molar refractivity (Wildman–Crippen MR) is 172 cm³/mol. The number of nitrogens with zero attached hydrogens (tertiary/aromatic N) is 5. The van der Waals surface area contributed by atoms with Gasteiger partial charge >= 0.3 is 0 Å². The first-order chi connectivity index (χ1) is 19.6. The van der Waals surface area contributed by atoms with Crippen LogP contribution in [0.5, 0.6) is 0 Å². The van der Waals surface area contributed by atoms with Crippen LogP contribution < -0.4 is 5.32 Å². The Morgan fingerprint density at radius 3 is 2.51 bits per heavy atom. The van der Waals surface area contributed by atoms with E-state index in [9.17, 15) is 4.79 Å². The summed E-state index contributed by atoms with van der Waals surface area (Å²) in [5.41, 5.74) is 6.02. The fourth-order valence-electron chi connectivity index (χ4n) is 4.89. The van der Waals surface area contributed by atoms with E-state index >= 15 is 0 Å². The summed E-state index contributed by atoms with van der Waals surface area (Å²) >= 11 is 6.84. The molecule has 8 heteroatoms. The number of carbonyl (C=O) groups excluding carboxylic acids is 1. The second kappa shape index (κ2) is 13.5. The van der Waals surface area contributed by atoms with Gasteiger partial charge in [-0.3, -0.25) is 20.0 Å². The summed E-state index contributed by atoms with van der Waals surface area (Å²) < 4.78 is 0. The summed E-state index contributed by atoms with van der Waals surface area (Å²) in [4.78, 5) is 32.0. The van der Waals surface area contributed by atoms with E-state index in [-0.39, 0.29) is 12.1 Å². The van der Waals surface area contributed by atoms with Crippen molar-refractivity contribution in [3.8, 4) is 0 Å². The molecule has 1 aliphatic heterocycles. The van der Waals surface area contributed by atoms with Crippen LogP contribution in [0.25, 0.3) is 5.57 Å². The Hall–Kier alpha value is -3.39. The topological polar surface area (TPSA) is 72.7 Å². The molecule has 216 valence electrons. The number of aliphatic imine (C=N–C) groups is 3. The molecule has 2 aromatic carbocycles. The number of halogens is 1. The molecule has 1 heterocycles. The molecule has 1 fully saturated rings. The summed E-state index contributed by atoms with van der Waals surface area (Å²) in [5.74, 6) is 1.13. The minimum atomic E-state index is -0.132. The van der Waals surface area contributed by atoms with E-state index in [1.165, 1.54) is 18.4 Å². The monoisotopic (exact) mass is 572 g/mol. The van der Waals surface area contributed by atoms with Crippen LogP contribution in [-0.4, -0.2) is 66.4 Å². The van der Waals surface area contributed by atoms with Gasteiger partial charge in [-0.05, 0) is 77.9 Å². The number of carbonyl (C=O) groups is 1. The lowest BCUT2D eigenvalue weighted by molar-refractivity contribution is -0.122. The molecule has 7 nitrogen and oxygen atoms in total. The highest BCUT2D eigenvalue weighted by atomic mass is 35.5. The zero-order chi connectivity index (χ0) is 29.7. The first-order valence-electron chi connectivity index (χ1n) is 14.1. The maximum atomic E-state index is 14.3. The van der Waals surface area contributed by atoms with Crippen LogP contribution in [0.4, 0.5) is 0 Å². The zero-order valence-electron chi connectivity index (χ0n) is 25.2. The molecule has 0 spiro atoms. The molecular weight excluding hydrogens is 532 g/mol. The van der Waals surface area contributed by atoms with E-state index in [1.807, 2.05) is 64.1 Å². The van der Waals surface area contributed by atoms with Crippen LogP contribution in [0, 0.1) is 0 Å². The quantitative estimate of drug-likeness (QED) is 0.290. The fraction of sp³-hybridized carbons (Fsp3) is 0.394. The second-order valence-electron chi connectivity index (χ2n) is 11.1. The number of rotatable bonds is 9. The Morgan fingerprint density at radius 2 is 1.90 bits per heavy atom. The van der Waals surface area contributed by atoms with Crippen molar-refractivity contribution in [1.82, 2.24) is 15.1 Å². The Labute approximate surface area is 249 Å². The first-order valence-corrected chi connectivity index (χ1v) is 14.5. The lowest BCUT2D eigenvalue weighted by atomic mass is 9.95. The van der Waals surface area contributed by atoms with E-state index in [4.69, 9.17) is 16.6 Å². The minimum absolute atomic E-state index is 0.116. The van der Waals surface area contributed by atoms with Crippen LogP contribution in [0.1, 0.15) is 62.8 Å². The Morgan fingerprint density at radius 1 is 1.17 bits per heavy atom. The van der Waals surface area contributed by atoms with Crippen molar-refractivity contribution in [3.05, 3.63) is 87.5 Å². The number of benzene rings is 2. The molecule has 41 heavy (non-hydrogen) atoms. The third-order valence-electron chi connectivity index (χ3n) is 6.86. The molecule has 0 radical (unpaired) electrons. The van der Waals surface area contributed by atoms with Crippen LogP contribution in [0.2, 0.25) is 5.02 Å². The normalized spacial score (nSPS) is 18.8. The van der Waals surface area contributed by atoms with Gasteiger partial charge < -0.3 is 4.90 Å². The van der Waals surface area contributed by atoms with Gasteiger partial charge in [0.15, 0.2) is 5.84 Å². The molecule has 4 rings (SSSR count). The van der Waals surface area contributed by atoms with Crippen molar-refractivity contribution >= 4 is 40.5 Å². The predicted octanol–water partition coefficient (Wildman–Crippen LogP) is 6.13. The summed E-state index contributed by atoms with van der Waals surface area (Å²) in [5, 5.41) is 4.01. The van der Waals surface area contributed by atoms with Crippen LogP contribution in [0.15, 0.2) is 75.2 Å². The zero-order valence-corrected chi connectivity index (χ0v) is 26.0. The standard InChI is InChI=1S/C33H41ClN6O/c1-8-25-17-29(28-15-12-26(18-30(28)34)31(35-5)36-21(2)3)33(41)40(32(25)38-22(4)37-27-13-14-27)20-24-11-9-10-23(16-24)19-39(6)7/h8-12,15-18,22,27,37H,13-14,19-20H2,1-7H3/b25-8-,35-31?,38-32+. The highest BCUT2D eigenvalue weighted by Crippen LogP contribution is 2.33. The van der Waals surface area contributed by atoms with Gasteiger partial charge in [0.25, 0.3) is 5.91 Å². The fourth-order valence-corrected chi connectivity index (χ4v) is 5.17. The summed E-state index contributed by atoms with van der Waals surface area (Å²) in [6, 6.07) is 14.5. The molecule has 0 bridgehead atoms. The van der Waals surface area contributed by atoms with E-state index in [1.54, 1.807) is 11.9 Å². The molecule has 0 aromatic heterocycles. The van der Waals surface area contributed by atoms with E-state index in [2.05, 4.69) is 52.5 Å². The molecule has 2 aliphatic rings. The summed E-state index contributed by atoms with van der Waals surface area (Å²) in [6.45, 7) is 9.09. The van der Waals surface area contributed by atoms with E-state index in [0.29, 0.717) is 40.4 Å². The Kier molecular flexibility index (Phi) is 10.1. The molecule has 1 saturated carbocycles. The van der Waals surface area contributed by atoms with Gasteiger partial charge in [0, 0.05) is 52.6 Å². The van der Waals surface area contributed by atoms with Crippen molar-refractivity contribution in [1.29, 1.82) is 0 Å². The lowest BCUT2D eigenvalue weighted by Gasteiger charge is -2.32. The summed E-state index contributed by atoms with van der Waals surface area (Å²) in [6.07, 6.45) is 6.13. The minimum Gasteiger partial charge on any atom is -0.305 e. The number of amides is 1. The van der Waals surface area contributed by atoms with Crippen molar-refractivity contribution < 1.29 is 4.79 Å². The van der Waals surface area contributed by atoms with Gasteiger partial charge in [-0.15, -0.1) is 0 Å². The molecule has 1 atom stereocenters. The second-order valence-corrected chi connectivity index (χ2v) is 11.5. The van der Waals surface area contributed by atoms with Crippen molar-refractivity contribution in [2.75, 3.05) is 21.1 Å². The van der Waals surface area contributed by atoms with Gasteiger partial charge in [-0.1, -0.05) is 54.1 Å². The maximum absolute atomic E-state index is 14.3. The molecule has 1 amide bonds. The smallest absolute Gasteiger partial charge is 0.260 e. The molecule has 2 aromatic rings. The molecule has 1 N–H and O–H groups in total. The average Bonchev–Trinajstić information content (AvgIpc) is 3.73. The number of allylic oxidation sites excluding steroid dienone is 1. The van der Waals surface area contributed by atoms with Gasteiger partial charge in [0.2, 0.25) is 0 Å². The van der Waals surface area contributed by atoms with Crippen LogP contribution in [0.3, 0.4) is 0 Å². The molecular formula is C33H41ClN6O. The van der Waals surface area contributed by atoms with Gasteiger partial charge in [-0.2, -0.15) is 0 Å². The third-order valence-corrected chi connectivity index (χ3v) is 7.17. The maximum Gasteiger partial charge on any atom is 0.260 e. The summed E-state index contributed by atoms with van der Waals surface area (Å²) in [7, 11) is 5.81. The van der Waals surface area contributed by atoms with Gasteiger partial charge in [-0.25, -0.2) is 9.98 Å². The van der Waals surface area contributed by atoms with Gasteiger partial charge in [0.1, 0.15) is 5.84 Å². The third kappa shape index (κ3) is 7.88. The largest absolute Gasteiger partial charge is 0.305 e. The Balaban J connectivity index is 1.76. The number of nitrogens with one attached hydrogen (secondary N) is 1. The van der Waals surface area contributed by atoms with Gasteiger partial charge in [0.05, 0.1) is 12.7 Å². The number of hydrogen-bond acceptors (Lipinski definition) is 5.